The Morgan fingerprint density at radius 1 is 1.03 bits per heavy atom. The lowest BCUT2D eigenvalue weighted by atomic mass is 9.94. The fraction of sp³-hybridized carbons (Fsp3) is 0.462. The lowest BCUT2D eigenvalue weighted by molar-refractivity contribution is 0.393. The summed E-state index contributed by atoms with van der Waals surface area (Å²) in [7, 11) is 2.18. The molecule has 1 aliphatic rings. The van der Waals surface area contributed by atoms with Crippen LogP contribution in [0.4, 0.5) is 5.69 Å². The minimum atomic E-state index is 0.282. The molecular weight excluding hydrogens is 372 g/mol. The van der Waals surface area contributed by atoms with Crippen molar-refractivity contribution in [2.24, 2.45) is 0 Å². The molecule has 2 N–H and O–H groups in total. The molecule has 0 spiro atoms. The second kappa shape index (κ2) is 9.30. The molecule has 1 aliphatic carbocycles. The number of thioether (sulfide) groups is 1. The molecule has 0 fully saturated rings. The van der Waals surface area contributed by atoms with Gasteiger partial charge < -0.3 is 10.6 Å². The van der Waals surface area contributed by atoms with Crippen LogP contribution in [0.15, 0.2) is 36.5 Å². The van der Waals surface area contributed by atoms with Gasteiger partial charge in [-0.1, -0.05) is 31.2 Å². The van der Waals surface area contributed by atoms with E-state index in [-0.39, 0.29) is 5.37 Å². The van der Waals surface area contributed by atoms with Crippen molar-refractivity contribution < 1.29 is 0 Å². The van der Waals surface area contributed by atoms with E-state index >= 15 is 0 Å². The number of nitrogens with zero attached hydrogens (tertiary/aromatic N) is 1. The Bertz CT molecular complexity index is 900. The van der Waals surface area contributed by atoms with Gasteiger partial charge in [0.1, 0.15) is 0 Å². The summed E-state index contributed by atoms with van der Waals surface area (Å²) in [6.07, 6.45) is 9.52. The molecule has 29 heavy (non-hydrogen) atoms. The molecule has 2 nitrogen and oxygen atoms in total. The maximum absolute atomic E-state index is 6.07. The number of benzene rings is 2. The highest BCUT2D eigenvalue weighted by Crippen LogP contribution is 2.36. The molecule has 156 valence electrons. The van der Waals surface area contributed by atoms with Gasteiger partial charge in [-0.15, -0.1) is 11.8 Å². The van der Waals surface area contributed by atoms with Crippen LogP contribution in [0.25, 0.3) is 0 Å². The lowest BCUT2D eigenvalue weighted by Crippen LogP contribution is -2.23. The molecule has 0 amide bonds. The molecule has 3 heteroatoms. The number of hydrogen-bond acceptors (Lipinski definition) is 3. The van der Waals surface area contributed by atoms with E-state index in [0.29, 0.717) is 0 Å². The Morgan fingerprint density at radius 3 is 2.48 bits per heavy atom. The number of fused-ring (bicyclic) bond motifs is 1. The molecule has 2 aromatic rings. The third-order valence-corrected chi connectivity index (χ3v) is 7.47. The third kappa shape index (κ3) is 4.83. The highest BCUT2D eigenvalue weighted by molar-refractivity contribution is 7.98. The number of anilines is 1. The van der Waals surface area contributed by atoms with Crippen LogP contribution in [-0.4, -0.2) is 18.2 Å². The Morgan fingerprint density at radius 2 is 1.76 bits per heavy atom. The first kappa shape index (κ1) is 21.8. The maximum Gasteiger partial charge on any atom is 0.0996 e. The second-order valence-electron chi connectivity index (χ2n) is 8.61. The standard InChI is InChI=1S/C26H36N2S/c1-17-14-25(27)19(3)13-22(17)15-20(4)28(5)26(29-6)23-12-18(2)24-11-9-7-8-10-21(24)16-23/h12-14,16,26H,4,7-11,15,27H2,1-3,5-6H3. The van der Waals surface area contributed by atoms with Crippen molar-refractivity contribution in [2.75, 3.05) is 19.0 Å². The van der Waals surface area contributed by atoms with Crippen molar-refractivity contribution in [3.63, 3.8) is 0 Å². The number of nitrogens with two attached hydrogens (primary N) is 1. The van der Waals surface area contributed by atoms with Crippen molar-refractivity contribution >= 4 is 17.4 Å². The monoisotopic (exact) mass is 408 g/mol. The third-order valence-electron chi connectivity index (χ3n) is 6.44. The molecule has 2 aromatic carbocycles. The fourth-order valence-electron chi connectivity index (χ4n) is 4.55. The SMILES string of the molecule is C=C(Cc1cc(C)c(N)cc1C)N(C)C(SC)c1cc(C)c2c(c1)CCCCC2. The van der Waals surface area contributed by atoms with Crippen LogP contribution in [0.3, 0.4) is 0 Å². The van der Waals surface area contributed by atoms with Gasteiger partial charge in [-0.25, -0.2) is 0 Å². The van der Waals surface area contributed by atoms with Crippen LogP contribution in [0, 0.1) is 20.8 Å². The summed E-state index contributed by atoms with van der Waals surface area (Å²) in [5, 5.41) is 0.282. The minimum Gasteiger partial charge on any atom is -0.399 e. The van der Waals surface area contributed by atoms with Gasteiger partial charge >= 0.3 is 0 Å². The summed E-state index contributed by atoms with van der Waals surface area (Å²) in [6, 6.07) is 9.18. The number of likely N-dealkylation sites (N-methyl/N-ethyl adjacent to an activating group) is 1. The van der Waals surface area contributed by atoms with E-state index in [2.05, 4.69) is 69.8 Å². The quantitative estimate of drug-likeness (QED) is 0.335. The molecular formula is C26H36N2S. The number of aryl methyl sites for hydroxylation is 4. The normalized spacial score (nSPS) is 14.8. The average Bonchev–Trinajstić information content (AvgIpc) is 2.92. The maximum atomic E-state index is 6.07. The summed E-state index contributed by atoms with van der Waals surface area (Å²) in [5.41, 5.74) is 17.8. The largest absolute Gasteiger partial charge is 0.399 e. The molecule has 0 aliphatic heterocycles. The molecule has 0 heterocycles. The summed E-state index contributed by atoms with van der Waals surface area (Å²) in [4.78, 5) is 2.35. The Kier molecular flexibility index (Phi) is 7.00. The number of hydrogen-bond donors (Lipinski definition) is 1. The summed E-state index contributed by atoms with van der Waals surface area (Å²) >= 11 is 1.89. The van der Waals surface area contributed by atoms with Gasteiger partial charge in [0.15, 0.2) is 0 Å². The van der Waals surface area contributed by atoms with Crippen molar-refractivity contribution in [1.29, 1.82) is 0 Å². The molecule has 1 atom stereocenters. The van der Waals surface area contributed by atoms with Gasteiger partial charge in [-0.3, -0.25) is 0 Å². The number of nitrogen functional groups attached to an aromatic ring is 1. The molecule has 1 unspecified atom stereocenters. The zero-order chi connectivity index (χ0) is 21.1. The van der Waals surface area contributed by atoms with Gasteiger partial charge in [0, 0.05) is 24.9 Å². The van der Waals surface area contributed by atoms with E-state index in [1.165, 1.54) is 54.4 Å². The summed E-state index contributed by atoms with van der Waals surface area (Å²) < 4.78 is 0. The molecule has 0 radical (unpaired) electrons. The van der Waals surface area contributed by atoms with Crippen molar-refractivity contribution in [3.05, 3.63) is 75.5 Å². The summed E-state index contributed by atoms with van der Waals surface area (Å²) in [6.45, 7) is 11.0. The molecule has 0 bridgehead atoms. The Balaban J connectivity index is 1.84. The predicted octanol–water partition coefficient (Wildman–Crippen LogP) is 6.51. The zero-order valence-electron chi connectivity index (χ0n) is 18.8. The number of rotatable bonds is 6. The van der Waals surface area contributed by atoms with Gasteiger partial charge in [0.05, 0.1) is 5.37 Å². The van der Waals surface area contributed by atoms with E-state index in [9.17, 15) is 0 Å². The van der Waals surface area contributed by atoms with Gasteiger partial charge in [-0.05, 0) is 97.7 Å². The van der Waals surface area contributed by atoms with Crippen molar-refractivity contribution in [1.82, 2.24) is 4.90 Å². The van der Waals surface area contributed by atoms with Gasteiger partial charge in [-0.2, -0.15) is 0 Å². The van der Waals surface area contributed by atoms with E-state index < -0.39 is 0 Å². The summed E-state index contributed by atoms with van der Waals surface area (Å²) in [5.74, 6) is 0. The zero-order valence-corrected chi connectivity index (χ0v) is 19.6. The molecule has 3 rings (SSSR count). The van der Waals surface area contributed by atoms with Crippen LogP contribution >= 0.6 is 11.8 Å². The van der Waals surface area contributed by atoms with E-state index in [1.807, 2.05) is 11.8 Å². The molecule has 0 saturated carbocycles. The van der Waals surface area contributed by atoms with Gasteiger partial charge in [0.25, 0.3) is 0 Å². The lowest BCUT2D eigenvalue weighted by Gasteiger charge is -2.32. The van der Waals surface area contributed by atoms with Crippen LogP contribution in [0.2, 0.25) is 0 Å². The topological polar surface area (TPSA) is 29.3 Å². The van der Waals surface area contributed by atoms with Crippen LogP contribution in [-0.2, 0) is 19.3 Å². The number of allylic oxidation sites excluding steroid dienone is 1. The first-order chi connectivity index (χ1) is 13.8. The van der Waals surface area contributed by atoms with E-state index in [1.54, 1.807) is 11.1 Å². The molecule has 0 saturated heterocycles. The van der Waals surface area contributed by atoms with Crippen molar-refractivity contribution in [2.45, 2.75) is 64.7 Å². The van der Waals surface area contributed by atoms with Crippen LogP contribution in [0.5, 0.6) is 0 Å². The smallest absolute Gasteiger partial charge is 0.0996 e. The first-order valence-electron chi connectivity index (χ1n) is 10.7. The average molecular weight is 409 g/mol. The highest BCUT2D eigenvalue weighted by Gasteiger charge is 2.21. The van der Waals surface area contributed by atoms with E-state index in [4.69, 9.17) is 5.73 Å². The second-order valence-corrected chi connectivity index (χ2v) is 9.53. The van der Waals surface area contributed by atoms with Crippen LogP contribution in [0.1, 0.15) is 63.6 Å². The Labute approximate surface area is 181 Å². The van der Waals surface area contributed by atoms with E-state index in [0.717, 1.165) is 23.4 Å². The minimum absolute atomic E-state index is 0.282. The predicted molar refractivity (Wildman–Crippen MR) is 130 cm³/mol. The fourth-order valence-corrected chi connectivity index (χ4v) is 5.43. The highest BCUT2D eigenvalue weighted by atomic mass is 32.2. The van der Waals surface area contributed by atoms with Crippen LogP contribution < -0.4 is 5.73 Å². The van der Waals surface area contributed by atoms with Gasteiger partial charge in [0.2, 0.25) is 0 Å². The Hall–Kier alpha value is -1.87. The molecule has 0 aromatic heterocycles. The first-order valence-corrected chi connectivity index (χ1v) is 12.0. The van der Waals surface area contributed by atoms with Crippen molar-refractivity contribution in [3.8, 4) is 0 Å².